The summed E-state index contributed by atoms with van der Waals surface area (Å²) < 4.78 is 7.70. The Bertz CT molecular complexity index is 746. The number of methoxy groups -OCH3 is 1. The molecule has 2 aromatic carbocycles. The molecule has 1 heterocycles. The second-order valence-corrected chi connectivity index (χ2v) is 5.19. The number of rotatable bonds is 5. The average molecular weight is 280 g/mol. The maximum absolute atomic E-state index is 5.66. The van der Waals surface area contributed by atoms with Crippen molar-refractivity contribution in [1.82, 2.24) is 4.57 Å². The van der Waals surface area contributed by atoms with Crippen molar-refractivity contribution in [3.05, 3.63) is 65.9 Å². The molecule has 21 heavy (non-hydrogen) atoms. The molecule has 0 saturated heterocycles. The van der Waals surface area contributed by atoms with E-state index >= 15 is 0 Å². The smallest absolute Gasteiger partial charge is 0.123 e. The topological polar surface area (TPSA) is 40.2 Å². The predicted octanol–water partition coefficient (Wildman–Crippen LogP) is 3.20. The van der Waals surface area contributed by atoms with Gasteiger partial charge in [0, 0.05) is 17.3 Å². The summed E-state index contributed by atoms with van der Waals surface area (Å²) >= 11 is 0. The van der Waals surface area contributed by atoms with Crippen molar-refractivity contribution in [2.24, 2.45) is 5.73 Å². The number of hydrogen-bond donors (Lipinski definition) is 1. The van der Waals surface area contributed by atoms with Crippen molar-refractivity contribution >= 4 is 10.9 Å². The molecule has 1 aromatic heterocycles. The standard InChI is InChI=1S/C18H20N2O/c1-21-18-5-3-2-4-16(18)13-20-11-9-15-7-6-14(8-10-19)12-17(15)20/h2-7,9,11-12H,8,10,13,19H2,1H3. The van der Waals surface area contributed by atoms with Crippen molar-refractivity contribution in [2.75, 3.05) is 13.7 Å². The minimum Gasteiger partial charge on any atom is -0.496 e. The van der Waals surface area contributed by atoms with Crippen molar-refractivity contribution in [1.29, 1.82) is 0 Å². The quantitative estimate of drug-likeness (QED) is 0.779. The van der Waals surface area contributed by atoms with Gasteiger partial charge in [-0.05, 0) is 42.1 Å². The van der Waals surface area contributed by atoms with Crippen LogP contribution in [0.5, 0.6) is 5.75 Å². The van der Waals surface area contributed by atoms with Gasteiger partial charge in [0.25, 0.3) is 0 Å². The van der Waals surface area contributed by atoms with Crippen molar-refractivity contribution in [3.63, 3.8) is 0 Å². The number of benzene rings is 2. The van der Waals surface area contributed by atoms with Crippen LogP contribution in [0, 0.1) is 0 Å². The Morgan fingerprint density at radius 3 is 2.76 bits per heavy atom. The zero-order valence-electron chi connectivity index (χ0n) is 12.3. The molecule has 0 aliphatic carbocycles. The molecule has 0 radical (unpaired) electrons. The number of para-hydroxylation sites is 1. The molecule has 108 valence electrons. The lowest BCUT2D eigenvalue weighted by molar-refractivity contribution is 0.408. The number of nitrogens with two attached hydrogens (primary N) is 1. The first-order valence-electron chi connectivity index (χ1n) is 7.21. The molecular weight excluding hydrogens is 260 g/mol. The van der Waals surface area contributed by atoms with Gasteiger partial charge < -0.3 is 15.0 Å². The van der Waals surface area contributed by atoms with Gasteiger partial charge in [-0.25, -0.2) is 0 Å². The van der Waals surface area contributed by atoms with E-state index in [9.17, 15) is 0 Å². The lowest BCUT2D eigenvalue weighted by Crippen LogP contribution is -2.03. The summed E-state index contributed by atoms with van der Waals surface area (Å²) in [5.74, 6) is 0.928. The van der Waals surface area contributed by atoms with Gasteiger partial charge in [-0.2, -0.15) is 0 Å². The van der Waals surface area contributed by atoms with Crippen LogP contribution in [0.1, 0.15) is 11.1 Å². The van der Waals surface area contributed by atoms with E-state index in [1.807, 2.05) is 18.2 Å². The second kappa shape index (κ2) is 6.02. The van der Waals surface area contributed by atoms with Crippen LogP contribution in [0.4, 0.5) is 0 Å². The third-order valence-electron chi connectivity index (χ3n) is 3.80. The van der Waals surface area contributed by atoms with Crippen LogP contribution in [0.3, 0.4) is 0 Å². The Balaban J connectivity index is 1.98. The van der Waals surface area contributed by atoms with Gasteiger partial charge in [-0.1, -0.05) is 30.3 Å². The molecule has 0 aliphatic heterocycles. The highest BCUT2D eigenvalue weighted by molar-refractivity contribution is 5.81. The summed E-state index contributed by atoms with van der Waals surface area (Å²) in [6, 6.07) is 16.9. The van der Waals surface area contributed by atoms with E-state index in [-0.39, 0.29) is 0 Å². The molecule has 2 N–H and O–H groups in total. The molecule has 3 aromatic rings. The van der Waals surface area contributed by atoms with E-state index in [1.54, 1.807) is 7.11 Å². The molecule has 0 amide bonds. The SMILES string of the molecule is COc1ccccc1Cn1ccc2ccc(CCN)cc21. The highest BCUT2D eigenvalue weighted by atomic mass is 16.5. The van der Waals surface area contributed by atoms with E-state index in [4.69, 9.17) is 10.5 Å². The number of nitrogens with zero attached hydrogens (tertiary/aromatic N) is 1. The molecule has 0 spiro atoms. The van der Waals surface area contributed by atoms with Crippen molar-refractivity contribution in [3.8, 4) is 5.75 Å². The molecule has 0 unspecified atom stereocenters. The third kappa shape index (κ3) is 2.78. The first-order chi connectivity index (χ1) is 10.3. The van der Waals surface area contributed by atoms with E-state index in [2.05, 4.69) is 41.1 Å². The molecule has 0 saturated carbocycles. The number of hydrogen-bond acceptors (Lipinski definition) is 2. The Hall–Kier alpha value is -2.26. The van der Waals surface area contributed by atoms with Crippen LogP contribution < -0.4 is 10.5 Å². The van der Waals surface area contributed by atoms with Gasteiger partial charge in [-0.3, -0.25) is 0 Å². The Morgan fingerprint density at radius 2 is 1.95 bits per heavy atom. The Labute approximate surface area is 125 Å². The maximum Gasteiger partial charge on any atom is 0.123 e. The molecule has 3 nitrogen and oxygen atoms in total. The highest BCUT2D eigenvalue weighted by Crippen LogP contribution is 2.23. The largest absolute Gasteiger partial charge is 0.496 e. The minimum absolute atomic E-state index is 0.679. The minimum atomic E-state index is 0.679. The van der Waals surface area contributed by atoms with Gasteiger partial charge in [0.2, 0.25) is 0 Å². The monoisotopic (exact) mass is 280 g/mol. The molecule has 3 heteroatoms. The van der Waals surface area contributed by atoms with Crippen molar-refractivity contribution in [2.45, 2.75) is 13.0 Å². The summed E-state index contributed by atoms with van der Waals surface area (Å²) in [5.41, 5.74) is 9.36. The fourth-order valence-corrected chi connectivity index (χ4v) is 2.71. The van der Waals surface area contributed by atoms with Gasteiger partial charge >= 0.3 is 0 Å². The lowest BCUT2D eigenvalue weighted by atomic mass is 10.1. The lowest BCUT2D eigenvalue weighted by Gasteiger charge is -2.11. The van der Waals surface area contributed by atoms with E-state index < -0.39 is 0 Å². The van der Waals surface area contributed by atoms with E-state index in [1.165, 1.54) is 22.0 Å². The number of ether oxygens (including phenoxy) is 1. The molecule has 0 atom stereocenters. The normalized spacial score (nSPS) is 11.0. The van der Waals surface area contributed by atoms with Crippen LogP contribution in [-0.4, -0.2) is 18.2 Å². The number of aromatic nitrogens is 1. The predicted molar refractivity (Wildman–Crippen MR) is 86.8 cm³/mol. The molecule has 0 fully saturated rings. The van der Waals surface area contributed by atoms with Crippen LogP contribution in [0.15, 0.2) is 54.7 Å². The number of fused-ring (bicyclic) bond motifs is 1. The van der Waals surface area contributed by atoms with E-state index in [0.717, 1.165) is 18.7 Å². The first kappa shape index (κ1) is 13.7. The molecular formula is C18H20N2O. The van der Waals surface area contributed by atoms with Crippen LogP contribution in [-0.2, 0) is 13.0 Å². The zero-order chi connectivity index (χ0) is 14.7. The maximum atomic E-state index is 5.66. The fraction of sp³-hybridized carbons (Fsp3) is 0.222. The summed E-state index contributed by atoms with van der Waals surface area (Å²) in [4.78, 5) is 0. The first-order valence-corrected chi connectivity index (χ1v) is 7.21. The van der Waals surface area contributed by atoms with Crippen molar-refractivity contribution < 1.29 is 4.74 Å². The van der Waals surface area contributed by atoms with Crippen LogP contribution in [0.2, 0.25) is 0 Å². The summed E-state index contributed by atoms with van der Waals surface area (Å²) in [7, 11) is 1.71. The molecule has 3 rings (SSSR count). The zero-order valence-corrected chi connectivity index (χ0v) is 12.3. The fourth-order valence-electron chi connectivity index (χ4n) is 2.71. The van der Waals surface area contributed by atoms with Gasteiger partial charge in [0.15, 0.2) is 0 Å². The second-order valence-electron chi connectivity index (χ2n) is 5.19. The van der Waals surface area contributed by atoms with Gasteiger partial charge in [0.05, 0.1) is 13.7 Å². The molecule has 0 bridgehead atoms. The van der Waals surface area contributed by atoms with Gasteiger partial charge in [0.1, 0.15) is 5.75 Å². The Kier molecular flexibility index (Phi) is 3.93. The summed E-state index contributed by atoms with van der Waals surface area (Å²) in [5, 5.41) is 1.26. The van der Waals surface area contributed by atoms with Crippen LogP contribution >= 0.6 is 0 Å². The molecule has 0 aliphatic rings. The van der Waals surface area contributed by atoms with Gasteiger partial charge in [-0.15, -0.1) is 0 Å². The van der Waals surface area contributed by atoms with Crippen LogP contribution in [0.25, 0.3) is 10.9 Å². The average Bonchev–Trinajstić information content (AvgIpc) is 2.91. The highest BCUT2D eigenvalue weighted by Gasteiger charge is 2.06. The third-order valence-corrected chi connectivity index (χ3v) is 3.80. The Morgan fingerprint density at radius 1 is 1.10 bits per heavy atom. The van der Waals surface area contributed by atoms with E-state index in [0.29, 0.717) is 6.54 Å². The summed E-state index contributed by atoms with van der Waals surface area (Å²) in [6.45, 7) is 1.48. The summed E-state index contributed by atoms with van der Waals surface area (Å²) in [6.07, 6.45) is 3.04.